The fourth-order valence-electron chi connectivity index (χ4n) is 3.74. The third kappa shape index (κ3) is 5.75. The predicted octanol–water partition coefficient (Wildman–Crippen LogP) is 3.87. The average molecular weight is 482 g/mol. The molecule has 2 aliphatic rings. The average Bonchev–Trinajstić information content (AvgIpc) is 2.99. The van der Waals surface area contributed by atoms with Crippen LogP contribution in [0.15, 0.2) is 48.5 Å². The van der Waals surface area contributed by atoms with Gasteiger partial charge in [0.1, 0.15) is 5.75 Å². The summed E-state index contributed by atoms with van der Waals surface area (Å²) in [5.74, 6) is -0.910. The number of amides is 3. The molecule has 8 nitrogen and oxygen atoms in total. The van der Waals surface area contributed by atoms with Crippen molar-refractivity contribution in [3.05, 3.63) is 54.1 Å². The van der Waals surface area contributed by atoms with E-state index in [1.54, 1.807) is 12.1 Å². The Bertz CT molecular complexity index is 1050. The Morgan fingerprint density at radius 2 is 1.68 bits per heavy atom. The lowest BCUT2D eigenvalue weighted by Crippen LogP contribution is -2.41. The lowest BCUT2D eigenvalue weighted by Gasteiger charge is -2.30. The van der Waals surface area contributed by atoms with Crippen LogP contribution in [0.3, 0.4) is 0 Å². The summed E-state index contributed by atoms with van der Waals surface area (Å²) in [4.78, 5) is 28.4. The van der Waals surface area contributed by atoms with Crippen LogP contribution in [0.2, 0.25) is 0 Å². The van der Waals surface area contributed by atoms with Crippen molar-refractivity contribution in [1.29, 1.82) is 0 Å². The molecule has 182 valence electrons. The van der Waals surface area contributed by atoms with Crippen LogP contribution in [0.4, 0.5) is 33.7 Å². The Labute approximate surface area is 192 Å². The Balaban J connectivity index is 1.33. The molecule has 2 heterocycles. The van der Waals surface area contributed by atoms with E-state index in [9.17, 15) is 27.2 Å². The molecule has 0 unspecified atom stereocenters. The Morgan fingerprint density at radius 3 is 2.44 bits per heavy atom. The van der Waals surface area contributed by atoms with Crippen LogP contribution in [0.5, 0.6) is 5.75 Å². The molecule has 0 aromatic heterocycles. The first kappa shape index (κ1) is 23.8. The van der Waals surface area contributed by atoms with Crippen LogP contribution in [-0.4, -0.2) is 60.8 Å². The van der Waals surface area contributed by atoms with Gasteiger partial charge in [-0.1, -0.05) is 18.2 Å². The molecule has 0 bridgehead atoms. The van der Waals surface area contributed by atoms with Crippen molar-refractivity contribution in [3.63, 3.8) is 0 Å². The number of benzene rings is 2. The van der Waals surface area contributed by atoms with Gasteiger partial charge in [0.15, 0.2) is 0 Å². The number of para-hydroxylation sites is 1. The fourth-order valence-corrected chi connectivity index (χ4v) is 3.74. The highest BCUT2D eigenvalue weighted by Crippen LogP contribution is 2.46. The number of urea groups is 1. The minimum Gasteiger partial charge on any atom is -0.409 e. The largest absolute Gasteiger partial charge is 0.540 e. The number of nitrogens with one attached hydrogen (secondary N) is 2. The first-order valence-corrected chi connectivity index (χ1v) is 10.5. The lowest BCUT2D eigenvalue weighted by atomic mass is 10.1. The molecule has 0 spiro atoms. The van der Waals surface area contributed by atoms with E-state index in [4.69, 9.17) is 0 Å². The smallest absolute Gasteiger partial charge is 0.409 e. The number of hydrogen-bond donors (Lipinski definition) is 2. The summed E-state index contributed by atoms with van der Waals surface area (Å²) < 4.78 is 61.8. The minimum absolute atomic E-state index is 0.0239. The van der Waals surface area contributed by atoms with Gasteiger partial charge in [-0.25, -0.2) is 9.53 Å². The van der Waals surface area contributed by atoms with Crippen LogP contribution in [0, 0.1) is 0 Å². The maximum atomic E-state index is 14.0. The van der Waals surface area contributed by atoms with Crippen LogP contribution >= 0.6 is 0 Å². The van der Waals surface area contributed by atoms with Gasteiger partial charge < -0.3 is 20.3 Å². The van der Waals surface area contributed by atoms with E-state index in [1.165, 1.54) is 11.0 Å². The highest BCUT2D eigenvalue weighted by Gasteiger charge is 2.54. The first-order chi connectivity index (χ1) is 16.1. The number of carbonyl (C=O) groups is 2. The molecule has 1 fully saturated rings. The number of ether oxygens (including phenoxy) is 2. The van der Waals surface area contributed by atoms with Crippen molar-refractivity contribution >= 4 is 23.3 Å². The normalized spacial score (nSPS) is 19.4. The standard InChI is InChI=1S/C22H22F4N4O4/c23-21(24)17-13-16(7-8-18(17)33-22(25,26)34-21)28-20(32)30-10-4-9-29(11-12-30)14-19(31)27-15-5-2-1-3-6-15/h1-3,5-8,13H,4,9-12,14H2,(H,27,31)(H,28,32). The Morgan fingerprint density at radius 1 is 0.912 bits per heavy atom. The molecule has 3 amide bonds. The molecule has 2 aromatic carbocycles. The molecular formula is C22H22F4N4O4. The molecule has 1 saturated heterocycles. The summed E-state index contributed by atoms with van der Waals surface area (Å²) >= 11 is 0. The zero-order chi connectivity index (χ0) is 24.3. The molecule has 0 atom stereocenters. The molecular weight excluding hydrogens is 460 g/mol. The van der Waals surface area contributed by atoms with Gasteiger partial charge in [0.05, 0.1) is 12.1 Å². The van der Waals surface area contributed by atoms with Crippen molar-refractivity contribution in [3.8, 4) is 5.75 Å². The molecule has 2 aliphatic heterocycles. The van der Waals surface area contributed by atoms with Crippen molar-refractivity contribution < 1.29 is 36.6 Å². The van der Waals surface area contributed by atoms with Crippen molar-refractivity contribution in [2.75, 3.05) is 43.4 Å². The monoisotopic (exact) mass is 482 g/mol. The van der Waals surface area contributed by atoms with E-state index in [0.29, 0.717) is 38.3 Å². The third-order valence-corrected chi connectivity index (χ3v) is 5.32. The molecule has 0 aliphatic carbocycles. The Kier molecular flexibility index (Phi) is 6.62. The van der Waals surface area contributed by atoms with Gasteiger partial charge in [-0.3, -0.25) is 9.69 Å². The summed E-state index contributed by atoms with van der Waals surface area (Å²) in [6.45, 7) is 1.90. The highest BCUT2D eigenvalue weighted by molar-refractivity contribution is 5.92. The van der Waals surface area contributed by atoms with Gasteiger partial charge in [-0.2, -0.15) is 8.78 Å². The number of halogens is 4. The van der Waals surface area contributed by atoms with Crippen LogP contribution in [-0.2, 0) is 15.6 Å². The maximum Gasteiger partial charge on any atom is 0.540 e. The number of rotatable bonds is 4. The molecule has 0 saturated carbocycles. The first-order valence-electron chi connectivity index (χ1n) is 10.5. The topological polar surface area (TPSA) is 83.1 Å². The SMILES string of the molecule is O=C(CN1CCCN(C(=O)Nc2ccc3c(c2)C(F)(F)OC(F)(F)O3)CC1)Nc1ccccc1. The van der Waals surface area contributed by atoms with Crippen molar-refractivity contribution in [2.45, 2.75) is 18.8 Å². The van der Waals surface area contributed by atoms with Gasteiger partial charge >= 0.3 is 18.4 Å². The second-order valence-electron chi connectivity index (χ2n) is 7.86. The van der Waals surface area contributed by atoms with Crippen LogP contribution in [0.1, 0.15) is 12.0 Å². The molecule has 12 heteroatoms. The summed E-state index contributed by atoms with van der Waals surface area (Å²) in [5, 5.41) is 5.30. The molecule has 0 radical (unpaired) electrons. The van der Waals surface area contributed by atoms with Gasteiger partial charge in [0.2, 0.25) is 5.91 Å². The summed E-state index contributed by atoms with van der Waals surface area (Å²) in [6.07, 6.45) is -8.15. The summed E-state index contributed by atoms with van der Waals surface area (Å²) in [7, 11) is 0. The maximum absolute atomic E-state index is 14.0. The predicted molar refractivity (Wildman–Crippen MR) is 114 cm³/mol. The van der Waals surface area contributed by atoms with Gasteiger partial charge in [0, 0.05) is 37.6 Å². The number of carbonyl (C=O) groups excluding carboxylic acids is 2. The van der Waals surface area contributed by atoms with E-state index in [0.717, 1.165) is 12.1 Å². The van der Waals surface area contributed by atoms with E-state index >= 15 is 0 Å². The molecule has 2 aromatic rings. The summed E-state index contributed by atoms with van der Waals surface area (Å²) in [5.41, 5.74) is -0.245. The van der Waals surface area contributed by atoms with E-state index < -0.39 is 29.7 Å². The summed E-state index contributed by atoms with van der Waals surface area (Å²) in [6, 6.07) is 11.5. The van der Waals surface area contributed by atoms with Gasteiger partial charge in [-0.05, 0) is 36.8 Å². The van der Waals surface area contributed by atoms with Crippen LogP contribution in [0.25, 0.3) is 0 Å². The quantitative estimate of drug-likeness (QED) is 0.647. The van der Waals surface area contributed by atoms with Crippen LogP contribution < -0.4 is 15.4 Å². The van der Waals surface area contributed by atoms with Gasteiger partial charge in [-0.15, -0.1) is 8.78 Å². The number of fused-ring (bicyclic) bond motifs is 1. The lowest BCUT2D eigenvalue weighted by molar-refractivity contribution is -0.461. The van der Waals surface area contributed by atoms with Crippen molar-refractivity contribution in [2.24, 2.45) is 0 Å². The van der Waals surface area contributed by atoms with E-state index in [2.05, 4.69) is 20.1 Å². The zero-order valence-electron chi connectivity index (χ0n) is 17.9. The number of alkyl halides is 4. The van der Waals surface area contributed by atoms with E-state index in [1.807, 2.05) is 23.1 Å². The highest BCUT2D eigenvalue weighted by atomic mass is 19.3. The van der Waals surface area contributed by atoms with E-state index in [-0.39, 0.29) is 18.1 Å². The number of hydrogen-bond acceptors (Lipinski definition) is 5. The Hall–Kier alpha value is -3.38. The fraction of sp³-hybridized carbons (Fsp3) is 0.364. The molecule has 2 N–H and O–H groups in total. The van der Waals surface area contributed by atoms with Crippen molar-refractivity contribution in [1.82, 2.24) is 9.80 Å². The van der Waals surface area contributed by atoms with Gasteiger partial charge in [0.25, 0.3) is 0 Å². The third-order valence-electron chi connectivity index (χ3n) is 5.32. The minimum atomic E-state index is -4.46. The second kappa shape index (κ2) is 9.47. The number of anilines is 2. The number of nitrogens with zero attached hydrogens (tertiary/aromatic N) is 2. The molecule has 4 rings (SSSR count). The second-order valence-corrected chi connectivity index (χ2v) is 7.86. The zero-order valence-corrected chi connectivity index (χ0v) is 17.9. The molecule has 34 heavy (non-hydrogen) atoms.